The second-order valence-corrected chi connectivity index (χ2v) is 10.1. The van der Waals surface area contributed by atoms with Crippen LogP contribution < -0.4 is 5.14 Å². The molecule has 21 heavy (non-hydrogen) atoms. The van der Waals surface area contributed by atoms with Crippen molar-refractivity contribution < 1.29 is 13.5 Å². The highest BCUT2D eigenvalue weighted by atomic mass is 32.2. The normalized spacial score (nSPS) is 35.9. The van der Waals surface area contributed by atoms with Crippen LogP contribution in [-0.4, -0.2) is 24.4 Å². The van der Waals surface area contributed by atoms with E-state index in [9.17, 15) is 13.5 Å². The average molecular weight is 317 g/mol. The molecular formula is C16H31NO3S. The molecule has 3 unspecified atom stereocenters. The molecular weight excluding hydrogens is 286 g/mol. The molecule has 2 saturated carbocycles. The zero-order valence-electron chi connectivity index (χ0n) is 14.2. The van der Waals surface area contributed by atoms with Gasteiger partial charge in [-0.3, -0.25) is 0 Å². The molecule has 0 aromatic heterocycles. The molecule has 3 N–H and O–H groups in total. The lowest BCUT2D eigenvalue weighted by atomic mass is 9.54. The van der Waals surface area contributed by atoms with E-state index in [0.29, 0.717) is 12.3 Å². The SMILES string of the molecule is CC(C)C(C(C)C)(C12CCC(CC1O)C2(C)C)S(N)(=O)=O. The Morgan fingerprint density at radius 1 is 1.19 bits per heavy atom. The number of hydrogen-bond donors (Lipinski definition) is 2. The van der Waals surface area contributed by atoms with Crippen LogP contribution in [0.3, 0.4) is 0 Å². The number of aliphatic hydroxyl groups excluding tert-OH is 1. The van der Waals surface area contributed by atoms with Crippen molar-refractivity contribution in [1.82, 2.24) is 0 Å². The van der Waals surface area contributed by atoms with Crippen molar-refractivity contribution in [2.75, 3.05) is 0 Å². The Labute approximate surface area is 129 Å². The molecule has 0 saturated heterocycles. The first-order chi connectivity index (χ1) is 9.37. The van der Waals surface area contributed by atoms with Gasteiger partial charge in [0.15, 0.2) is 0 Å². The van der Waals surface area contributed by atoms with Crippen molar-refractivity contribution in [2.24, 2.45) is 33.7 Å². The van der Waals surface area contributed by atoms with Gasteiger partial charge in [-0.1, -0.05) is 41.5 Å². The fourth-order valence-electron chi connectivity index (χ4n) is 6.50. The fraction of sp³-hybridized carbons (Fsp3) is 1.00. The smallest absolute Gasteiger partial charge is 0.216 e. The van der Waals surface area contributed by atoms with E-state index in [2.05, 4.69) is 13.8 Å². The lowest BCUT2D eigenvalue weighted by Crippen LogP contribution is -2.68. The lowest BCUT2D eigenvalue weighted by Gasteiger charge is -2.57. The van der Waals surface area contributed by atoms with Crippen molar-refractivity contribution in [3.05, 3.63) is 0 Å². The Morgan fingerprint density at radius 3 is 1.90 bits per heavy atom. The molecule has 2 rings (SSSR count). The molecule has 4 nitrogen and oxygen atoms in total. The maximum atomic E-state index is 12.8. The molecule has 0 spiro atoms. The van der Waals surface area contributed by atoms with Crippen molar-refractivity contribution in [2.45, 2.75) is 71.7 Å². The molecule has 2 fully saturated rings. The van der Waals surface area contributed by atoms with Crippen LogP contribution in [0.15, 0.2) is 0 Å². The summed E-state index contributed by atoms with van der Waals surface area (Å²) in [6, 6.07) is 0. The fourth-order valence-corrected chi connectivity index (χ4v) is 8.82. The van der Waals surface area contributed by atoms with E-state index >= 15 is 0 Å². The molecule has 124 valence electrons. The van der Waals surface area contributed by atoms with E-state index in [1.54, 1.807) is 0 Å². The number of fused-ring (bicyclic) bond motifs is 2. The maximum Gasteiger partial charge on any atom is 0.216 e. The summed E-state index contributed by atoms with van der Waals surface area (Å²) in [5.74, 6) is 0.0997. The highest BCUT2D eigenvalue weighted by Crippen LogP contribution is 2.73. The summed E-state index contributed by atoms with van der Waals surface area (Å²) < 4.78 is 24.5. The highest BCUT2D eigenvalue weighted by molar-refractivity contribution is 7.90. The van der Waals surface area contributed by atoms with E-state index in [4.69, 9.17) is 5.14 Å². The molecule has 0 aromatic carbocycles. The van der Waals surface area contributed by atoms with E-state index in [-0.39, 0.29) is 17.3 Å². The lowest BCUT2D eigenvalue weighted by molar-refractivity contribution is -0.0682. The summed E-state index contributed by atoms with van der Waals surface area (Å²) in [4.78, 5) is 0. The minimum Gasteiger partial charge on any atom is -0.392 e. The topological polar surface area (TPSA) is 80.4 Å². The van der Waals surface area contributed by atoms with E-state index in [1.165, 1.54) is 0 Å². The average Bonchev–Trinajstić information content (AvgIpc) is 2.61. The summed E-state index contributed by atoms with van der Waals surface area (Å²) in [5.41, 5.74) is -0.867. The zero-order valence-corrected chi connectivity index (χ0v) is 15.0. The monoisotopic (exact) mass is 317 g/mol. The molecule has 2 bridgehead atoms. The van der Waals surface area contributed by atoms with E-state index < -0.39 is 26.3 Å². The van der Waals surface area contributed by atoms with Gasteiger partial charge >= 0.3 is 0 Å². The van der Waals surface area contributed by atoms with Crippen molar-refractivity contribution >= 4 is 10.0 Å². The molecule has 0 amide bonds. The van der Waals surface area contributed by atoms with Crippen LogP contribution in [-0.2, 0) is 10.0 Å². The summed E-state index contributed by atoms with van der Waals surface area (Å²) in [6.07, 6.45) is 1.85. The standard InChI is InChI=1S/C16H31NO3S/c1-10(2)16(11(3)4,21(17,19)20)15-8-7-12(9-13(15)18)14(15,5)6/h10-13,18H,7-9H2,1-6H3,(H2,17,19,20). The molecule has 0 aliphatic heterocycles. The quantitative estimate of drug-likeness (QED) is 0.836. The van der Waals surface area contributed by atoms with Crippen molar-refractivity contribution in [3.63, 3.8) is 0 Å². The van der Waals surface area contributed by atoms with Crippen molar-refractivity contribution in [1.29, 1.82) is 0 Å². The second kappa shape index (κ2) is 4.68. The number of nitrogens with two attached hydrogens (primary N) is 1. The third-order valence-electron chi connectivity index (χ3n) is 7.02. The van der Waals surface area contributed by atoms with Crippen LogP contribution in [0.25, 0.3) is 0 Å². The molecule has 5 heteroatoms. The summed E-state index contributed by atoms with van der Waals surface area (Å²) in [7, 11) is -3.82. The zero-order chi connectivity index (χ0) is 16.4. The van der Waals surface area contributed by atoms with Gasteiger partial charge in [0.05, 0.1) is 10.9 Å². The number of aliphatic hydroxyl groups is 1. The maximum absolute atomic E-state index is 12.8. The summed E-state index contributed by atoms with van der Waals surface area (Å²) in [6.45, 7) is 12.0. The van der Waals surface area contributed by atoms with Gasteiger partial charge in [-0.25, -0.2) is 13.6 Å². The molecule has 3 atom stereocenters. The van der Waals surface area contributed by atoms with Crippen LogP contribution in [0.2, 0.25) is 0 Å². The van der Waals surface area contributed by atoms with Crippen LogP contribution in [0.4, 0.5) is 0 Å². The first-order valence-electron chi connectivity index (χ1n) is 8.07. The Kier molecular flexibility index (Phi) is 3.84. The highest BCUT2D eigenvalue weighted by Gasteiger charge is 2.76. The Hall–Kier alpha value is -0.130. The van der Waals surface area contributed by atoms with Gasteiger partial charge in [0.1, 0.15) is 0 Å². The Morgan fingerprint density at radius 2 is 1.67 bits per heavy atom. The van der Waals surface area contributed by atoms with Crippen LogP contribution in [0.5, 0.6) is 0 Å². The molecule has 0 radical (unpaired) electrons. The minimum absolute atomic E-state index is 0.140. The van der Waals surface area contributed by atoms with Gasteiger partial charge in [0.2, 0.25) is 10.0 Å². The second-order valence-electron chi connectivity index (χ2n) is 8.33. The van der Waals surface area contributed by atoms with Gasteiger partial charge < -0.3 is 5.11 Å². The van der Waals surface area contributed by atoms with Crippen LogP contribution >= 0.6 is 0 Å². The van der Waals surface area contributed by atoms with Gasteiger partial charge in [0.25, 0.3) is 0 Å². The van der Waals surface area contributed by atoms with Crippen LogP contribution in [0, 0.1) is 28.6 Å². The minimum atomic E-state index is -3.82. The first kappa shape index (κ1) is 17.2. The van der Waals surface area contributed by atoms with Gasteiger partial charge in [-0.2, -0.15) is 0 Å². The van der Waals surface area contributed by atoms with Crippen LogP contribution in [0.1, 0.15) is 60.8 Å². The van der Waals surface area contributed by atoms with Gasteiger partial charge in [-0.05, 0) is 42.4 Å². The van der Waals surface area contributed by atoms with Gasteiger partial charge in [0, 0.05) is 5.41 Å². The van der Waals surface area contributed by atoms with Gasteiger partial charge in [-0.15, -0.1) is 0 Å². The number of hydrogen-bond acceptors (Lipinski definition) is 3. The summed E-state index contributed by atoms with van der Waals surface area (Å²) >= 11 is 0. The first-order valence-corrected chi connectivity index (χ1v) is 9.62. The third kappa shape index (κ3) is 1.71. The molecule has 0 aromatic rings. The largest absolute Gasteiger partial charge is 0.392 e. The van der Waals surface area contributed by atoms with Crippen molar-refractivity contribution in [3.8, 4) is 0 Å². The summed E-state index contributed by atoms with van der Waals surface area (Å²) in [5, 5.41) is 16.7. The van der Waals surface area contributed by atoms with E-state index in [0.717, 1.165) is 12.8 Å². The molecule has 0 heterocycles. The predicted molar refractivity (Wildman–Crippen MR) is 85.1 cm³/mol. The number of primary sulfonamides is 1. The predicted octanol–water partition coefficient (Wildman–Crippen LogP) is 2.51. The number of sulfonamides is 1. The van der Waals surface area contributed by atoms with E-state index in [1.807, 2.05) is 27.7 Å². The molecule has 2 aliphatic rings. The Bertz CT molecular complexity index is 516. The number of rotatable bonds is 4. The molecule has 2 aliphatic carbocycles. The third-order valence-corrected chi connectivity index (χ3v) is 9.27. The Balaban J connectivity index is 2.84.